The third kappa shape index (κ3) is 4.77. The maximum Gasteiger partial charge on any atom is 0.224 e. The number of amides is 1. The number of hydrogen-bond donors (Lipinski definition) is 2. The Balaban J connectivity index is 1.65. The number of nitrogens with zero attached hydrogens (tertiary/aromatic N) is 1. The molecule has 2 N–H and O–H groups in total. The molecule has 1 saturated carbocycles. The lowest BCUT2D eigenvalue weighted by Gasteiger charge is -2.38. The summed E-state index contributed by atoms with van der Waals surface area (Å²) in [5, 5.41) is 12.9. The number of aromatic nitrogens is 1. The molecule has 132 valence electrons. The number of rotatable bonds is 6. The average Bonchev–Trinajstić information content (AvgIpc) is 2.55. The quantitative estimate of drug-likeness (QED) is 0.830. The summed E-state index contributed by atoms with van der Waals surface area (Å²) in [7, 11) is 0. The number of aliphatic hydroxyl groups is 1. The molecule has 6 heteroatoms. The van der Waals surface area contributed by atoms with Crippen molar-refractivity contribution in [3.05, 3.63) is 64.7 Å². The van der Waals surface area contributed by atoms with Gasteiger partial charge in [-0.15, -0.1) is 0 Å². The summed E-state index contributed by atoms with van der Waals surface area (Å²) in [4.78, 5) is 16.4. The fourth-order valence-corrected chi connectivity index (χ4v) is 3.40. The van der Waals surface area contributed by atoms with Crippen molar-refractivity contribution in [2.24, 2.45) is 5.92 Å². The van der Waals surface area contributed by atoms with Gasteiger partial charge in [0.15, 0.2) is 0 Å². The minimum atomic E-state index is -0.423. The number of hydrogen-bond acceptors (Lipinski definition) is 3. The van der Waals surface area contributed by atoms with Crippen molar-refractivity contribution in [2.75, 3.05) is 0 Å². The second-order valence-corrected chi connectivity index (χ2v) is 6.94. The van der Waals surface area contributed by atoms with E-state index in [2.05, 4.69) is 10.3 Å². The molecule has 1 aliphatic rings. The summed E-state index contributed by atoms with van der Waals surface area (Å²) in [6.07, 6.45) is 5.32. The molecular weight excluding hydrogens is 343 g/mol. The summed E-state index contributed by atoms with van der Waals surface area (Å²) in [5.41, 5.74) is 1.68. The molecule has 3 rings (SSSR count). The van der Waals surface area contributed by atoms with Crippen LogP contribution in [0.2, 0.25) is 5.02 Å². The van der Waals surface area contributed by atoms with Crippen molar-refractivity contribution in [1.82, 2.24) is 10.3 Å². The highest BCUT2D eigenvalue weighted by molar-refractivity contribution is 6.31. The van der Waals surface area contributed by atoms with E-state index in [4.69, 9.17) is 11.6 Å². The molecule has 1 fully saturated rings. The second-order valence-electron chi connectivity index (χ2n) is 6.53. The fourth-order valence-electron chi connectivity index (χ4n) is 3.16. The van der Waals surface area contributed by atoms with Crippen LogP contribution in [0, 0.1) is 11.7 Å². The fraction of sp³-hybridized carbons (Fsp3) is 0.368. The SMILES string of the molecule is O=C(Cc1ccc(F)cc1Cl)NC(Cc1ccncc1)C1CC(O)C1. The Morgan fingerprint density at radius 2 is 2.04 bits per heavy atom. The van der Waals surface area contributed by atoms with Gasteiger partial charge in [-0.05, 0) is 60.6 Å². The molecule has 0 aliphatic heterocycles. The number of benzene rings is 1. The van der Waals surface area contributed by atoms with E-state index in [1.54, 1.807) is 12.4 Å². The molecule has 0 bridgehead atoms. The van der Waals surface area contributed by atoms with Crippen LogP contribution in [-0.2, 0) is 17.6 Å². The first-order valence-corrected chi connectivity index (χ1v) is 8.69. The lowest BCUT2D eigenvalue weighted by molar-refractivity contribution is -0.122. The third-order valence-corrected chi connectivity index (χ3v) is 4.99. The van der Waals surface area contributed by atoms with Crippen LogP contribution in [0.15, 0.2) is 42.7 Å². The number of carbonyl (C=O) groups is 1. The molecule has 1 aromatic heterocycles. The van der Waals surface area contributed by atoms with Crippen LogP contribution in [0.3, 0.4) is 0 Å². The monoisotopic (exact) mass is 362 g/mol. The van der Waals surface area contributed by atoms with Crippen LogP contribution < -0.4 is 5.32 Å². The predicted octanol–water partition coefficient (Wildman–Crippen LogP) is 2.92. The van der Waals surface area contributed by atoms with E-state index in [1.165, 1.54) is 18.2 Å². The van der Waals surface area contributed by atoms with Crippen LogP contribution in [0.25, 0.3) is 0 Å². The predicted molar refractivity (Wildman–Crippen MR) is 93.7 cm³/mol. The first-order valence-electron chi connectivity index (χ1n) is 8.31. The molecule has 1 heterocycles. The number of pyridine rings is 1. The zero-order valence-electron chi connectivity index (χ0n) is 13.7. The Kier molecular flexibility index (Phi) is 5.66. The van der Waals surface area contributed by atoms with Crippen molar-refractivity contribution in [3.63, 3.8) is 0 Å². The summed E-state index contributed by atoms with van der Waals surface area (Å²) in [6.45, 7) is 0. The molecule has 2 aromatic rings. The van der Waals surface area contributed by atoms with Gasteiger partial charge in [-0.1, -0.05) is 17.7 Å². The largest absolute Gasteiger partial charge is 0.393 e. The van der Waals surface area contributed by atoms with Gasteiger partial charge in [0, 0.05) is 23.5 Å². The zero-order valence-corrected chi connectivity index (χ0v) is 14.4. The Bertz CT molecular complexity index is 735. The van der Waals surface area contributed by atoms with Crippen LogP contribution in [0.5, 0.6) is 0 Å². The Labute approximate surface area is 151 Å². The van der Waals surface area contributed by atoms with E-state index in [0.717, 1.165) is 5.56 Å². The van der Waals surface area contributed by atoms with Crippen LogP contribution in [-0.4, -0.2) is 28.1 Å². The molecular formula is C19H20ClFN2O2. The van der Waals surface area contributed by atoms with E-state index in [0.29, 0.717) is 24.8 Å². The standard InChI is InChI=1S/C19H20ClFN2O2/c20-17-11-15(21)2-1-13(17)10-19(25)23-18(14-8-16(24)9-14)7-12-3-5-22-6-4-12/h1-6,11,14,16,18,24H,7-10H2,(H,23,25). The molecule has 1 aromatic carbocycles. The first-order chi connectivity index (χ1) is 12.0. The number of nitrogens with one attached hydrogen (secondary N) is 1. The van der Waals surface area contributed by atoms with Crippen LogP contribution >= 0.6 is 11.6 Å². The van der Waals surface area contributed by atoms with Crippen molar-refractivity contribution >= 4 is 17.5 Å². The maximum absolute atomic E-state index is 13.1. The van der Waals surface area contributed by atoms with E-state index in [1.807, 2.05) is 12.1 Å². The smallest absolute Gasteiger partial charge is 0.224 e. The lowest BCUT2D eigenvalue weighted by atomic mass is 9.75. The minimum absolute atomic E-state index is 0.0578. The first kappa shape index (κ1) is 17.8. The summed E-state index contributed by atoms with van der Waals surface area (Å²) < 4.78 is 13.1. The number of halogens is 2. The van der Waals surface area contributed by atoms with Gasteiger partial charge >= 0.3 is 0 Å². The summed E-state index contributed by atoms with van der Waals surface area (Å²) in [6, 6.07) is 7.82. The van der Waals surface area contributed by atoms with Gasteiger partial charge in [-0.25, -0.2) is 4.39 Å². The van der Waals surface area contributed by atoms with Crippen LogP contribution in [0.1, 0.15) is 24.0 Å². The molecule has 1 atom stereocenters. The Morgan fingerprint density at radius 3 is 2.68 bits per heavy atom. The van der Waals surface area contributed by atoms with Gasteiger partial charge in [-0.3, -0.25) is 9.78 Å². The van der Waals surface area contributed by atoms with Gasteiger partial charge < -0.3 is 10.4 Å². The molecule has 0 saturated heterocycles. The molecule has 0 spiro atoms. The van der Waals surface area contributed by atoms with E-state index in [-0.39, 0.29) is 35.4 Å². The number of carbonyl (C=O) groups excluding carboxylic acids is 1. The summed E-state index contributed by atoms with van der Waals surface area (Å²) in [5.74, 6) is -0.335. The average molecular weight is 363 g/mol. The molecule has 1 aliphatic carbocycles. The third-order valence-electron chi connectivity index (χ3n) is 4.64. The van der Waals surface area contributed by atoms with Gasteiger partial charge in [-0.2, -0.15) is 0 Å². The van der Waals surface area contributed by atoms with Crippen molar-refractivity contribution in [3.8, 4) is 0 Å². The van der Waals surface area contributed by atoms with Crippen LogP contribution in [0.4, 0.5) is 4.39 Å². The summed E-state index contributed by atoms with van der Waals surface area (Å²) >= 11 is 6.00. The Morgan fingerprint density at radius 1 is 1.32 bits per heavy atom. The maximum atomic E-state index is 13.1. The second kappa shape index (κ2) is 7.93. The molecule has 1 amide bonds. The highest BCUT2D eigenvalue weighted by atomic mass is 35.5. The van der Waals surface area contributed by atoms with Gasteiger partial charge in [0.2, 0.25) is 5.91 Å². The van der Waals surface area contributed by atoms with Gasteiger partial charge in [0.1, 0.15) is 5.82 Å². The van der Waals surface area contributed by atoms with Gasteiger partial charge in [0.25, 0.3) is 0 Å². The van der Waals surface area contributed by atoms with Crippen molar-refractivity contribution in [2.45, 2.75) is 37.8 Å². The number of aliphatic hydroxyl groups excluding tert-OH is 1. The lowest BCUT2D eigenvalue weighted by Crippen LogP contribution is -2.48. The van der Waals surface area contributed by atoms with E-state index in [9.17, 15) is 14.3 Å². The van der Waals surface area contributed by atoms with Crippen molar-refractivity contribution < 1.29 is 14.3 Å². The molecule has 1 unspecified atom stereocenters. The topological polar surface area (TPSA) is 62.2 Å². The molecule has 4 nitrogen and oxygen atoms in total. The molecule has 25 heavy (non-hydrogen) atoms. The van der Waals surface area contributed by atoms with Gasteiger partial charge in [0.05, 0.1) is 12.5 Å². The Hall–Kier alpha value is -1.98. The normalized spacial score (nSPS) is 20.6. The molecule has 0 radical (unpaired) electrons. The highest BCUT2D eigenvalue weighted by Crippen LogP contribution is 2.31. The van der Waals surface area contributed by atoms with Crippen molar-refractivity contribution in [1.29, 1.82) is 0 Å². The highest BCUT2D eigenvalue weighted by Gasteiger charge is 2.34. The zero-order chi connectivity index (χ0) is 17.8. The minimum Gasteiger partial charge on any atom is -0.393 e. The van der Waals surface area contributed by atoms with E-state index >= 15 is 0 Å². The van der Waals surface area contributed by atoms with E-state index < -0.39 is 5.82 Å².